The first-order chi connectivity index (χ1) is 9.13. The second-order valence-corrected chi connectivity index (χ2v) is 3.92. The number of aromatic nitrogens is 1. The molecule has 0 aliphatic heterocycles. The highest BCUT2D eigenvalue weighted by Gasteiger charge is 2.22. The number of pyridine rings is 1. The molecule has 0 radical (unpaired) electrons. The van der Waals surface area contributed by atoms with Gasteiger partial charge in [0.15, 0.2) is 5.43 Å². The Labute approximate surface area is 111 Å². The molecule has 0 spiro atoms. The average Bonchev–Trinajstić information content (AvgIpc) is 2.42. The lowest BCUT2D eigenvalue weighted by atomic mass is 9.93. The zero-order valence-electron chi connectivity index (χ0n) is 11.0. The first kappa shape index (κ1) is 14.9. The fourth-order valence-corrected chi connectivity index (χ4v) is 1.93. The maximum absolute atomic E-state index is 12.0. The monoisotopic (exact) mass is 263 g/mol. The fourth-order valence-electron chi connectivity index (χ4n) is 1.93. The minimum atomic E-state index is -0.644. The Balaban J connectivity index is 0.000000861. The van der Waals surface area contributed by atoms with E-state index in [4.69, 9.17) is 4.74 Å². The Bertz CT molecular complexity index is 545. The van der Waals surface area contributed by atoms with Gasteiger partial charge in [-0.2, -0.15) is 0 Å². The molecule has 1 aromatic heterocycles. The first-order valence-electron chi connectivity index (χ1n) is 6.05. The molecular weight excluding hydrogens is 246 g/mol. The molecule has 19 heavy (non-hydrogen) atoms. The molecule has 2 rings (SSSR count). The van der Waals surface area contributed by atoms with Crippen LogP contribution < -0.4 is 5.43 Å². The summed E-state index contributed by atoms with van der Waals surface area (Å²) in [7, 11) is 0. The van der Waals surface area contributed by atoms with Crippen molar-refractivity contribution >= 4 is 11.8 Å². The van der Waals surface area contributed by atoms with Crippen molar-refractivity contribution in [1.29, 1.82) is 0 Å². The van der Waals surface area contributed by atoms with Gasteiger partial charge in [-0.3, -0.25) is 9.59 Å². The van der Waals surface area contributed by atoms with Crippen LogP contribution in [0.25, 0.3) is 0 Å². The topological polar surface area (TPSA) is 76.2 Å². The molecule has 0 aromatic carbocycles. The molecule has 1 heterocycles. The van der Waals surface area contributed by atoms with Gasteiger partial charge in [0.05, 0.1) is 6.61 Å². The SMILES string of the molecule is C=C.CCOC(=O)c1c[nH]c2c(c1=O)CC(=O)CC2. The van der Waals surface area contributed by atoms with Gasteiger partial charge in [0, 0.05) is 30.3 Å². The van der Waals surface area contributed by atoms with E-state index in [1.54, 1.807) is 6.92 Å². The number of Topliss-reactive ketones (excluding diaryl/α,β-unsaturated/α-hetero) is 1. The Morgan fingerprint density at radius 1 is 1.37 bits per heavy atom. The third kappa shape index (κ3) is 3.19. The van der Waals surface area contributed by atoms with Crippen molar-refractivity contribution in [1.82, 2.24) is 4.98 Å². The van der Waals surface area contributed by atoms with E-state index < -0.39 is 5.97 Å². The Morgan fingerprint density at radius 3 is 2.68 bits per heavy atom. The molecule has 1 N–H and O–H groups in total. The van der Waals surface area contributed by atoms with Crippen LogP contribution >= 0.6 is 0 Å². The summed E-state index contributed by atoms with van der Waals surface area (Å²) in [6, 6.07) is 0. The Kier molecular flexibility index (Phi) is 5.23. The third-order valence-corrected chi connectivity index (χ3v) is 2.80. The lowest BCUT2D eigenvalue weighted by molar-refractivity contribution is -0.118. The summed E-state index contributed by atoms with van der Waals surface area (Å²) in [6.07, 6.45) is 2.46. The van der Waals surface area contributed by atoms with Crippen LogP contribution in [-0.4, -0.2) is 23.3 Å². The molecule has 102 valence electrons. The highest BCUT2D eigenvalue weighted by Crippen LogP contribution is 2.14. The second kappa shape index (κ2) is 6.68. The van der Waals surface area contributed by atoms with E-state index in [9.17, 15) is 14.4 Å². The highest BCUT2D eigenvalue weighted by molar-refractivity contribution is 5.90. The molecule has 5 nitrogen and oxygen atoms in total. The molecular formula is C14H17NO4. The zero-order chi connectivity index (χ0) is 14.4. The van der Waals surface area contributed by atoms with Crippen molar-refractivity contribution in [3.05, 3.63) is 46.4 Å². The van der Waals surface area contributed by atoms with Gasteiger partial charge in [-0.1, -0.05) is 0 Å². The van der Waals surface area contributed by atoms with Gasteiger partial charge in [0.2, 0.25) is 0 Å². The largest absolute Gasteiger partial charge is 0.462 e. The molecule has 0 fully saturated rings. The fraction of sp³-hybridized carbons (Fsp3) is 0.357. The van der Waals surface area contributed by atoms with E-state index in [1.165, 1.54) is 6.20 Å². The average molecular weight is 263 g/mol. The number of H-pyrrole nitrogens is 1. The summed E-state index contributed by atoms with van der Waals surface area (Å²) in [5.41, 5.74) is 0.750. The molecule has 1 aliphatic carbocycles. The van der Waals surface area contributed by atoms with E-state index in [0.717, 1.165) is 5.69 Å². The molecule has 1 aromatic rings. The van der Waals surface area contributed by atoms with Crippen molar-refractivity contribution in [3.63, 3.8) is 0 Å². The van der Waals surface area contributed by atoms with Crippen LogP contribution in [0.5, 0.6) is 0 Å². The Hall–Kier alpha value is -2.17. The standard InChI is InChI=1S/C12H13NO4.C2H4/c1-2-17-12(16)9-6-13-10-4-3-7(14)5-8(10)11(9)15;1-2/h6H,2-5H2,1H3,(H,13,15);1-2H2. The summed E-state index contributed by atoms with van der Waals surface area (Å²) < 4.78 is 4.78. The van der Waals surface area contributed by atoms with Crippen LogP contribution in [0.1, 0.15) is 35.0 Å². The van der Waals surface area contributed by atoms with Crippen LogP contribution in [0.2, 0.25) is 0 Å². The van der Waals surface area contributed by atoms with E-state index in [1.807, 2.05) is 0 Å². The Morgan fingerprint density at radius 2 is 2.05 bits per heavy atom. The highest BCUT2D eigenvalue weighted by atomic mass is 16.5. The molecule has 0 unspecified atom stereocenters. The summed E-state index contributed by atoms with van der Waals surface area (Å²) >= 11 is 0. The number of fused-ring (bicyclic) bond motifs is 1. The van der Waals surface area contributed by atoms with Crippen molar-refractivity contribution in [2.45, 2.75) is 26.2 Å². The lowest BCUT2D eigenvalue weighted by Crippen LogP contribution is -2.28. The van der Waals surface area contributed by atoms with Gasteiger partial charge in [-0.05, 0) is 13.3 Å². The lowest BCUT2D eigenvalue weighted by Gasteiger charge is -2.14. The van der Waals surface area contributed by atoms with Gasteiger partial charge in [-0.15, -0.1) is 13.2 Å². The molecule has 0 amide bonds. The maximum Gasteiger partial charge on any atom is 0.343 e. The summed E-state index contributed by atoms with van der Waals surface area (Å²) in [4.78, 5) is 37.7. The third-order valence-electron chi connectivity index (χ3n) is 2.80. The van der Waals surface area contributed by atoms with Crippen LogP contribution in [0, 0.1) is 0 Å². The van der Waals surface area contributed by atoms with E-state index >= 15 is 0 Å². The predicted molar refractivity (Wildman–Crippen MR) is 71.3 cm³/mol. The van der Waals surface area contributed by atoms with Crippen molar-refractivity contribution in [2.24, 2.45) is 0 Å². The quantitative estimate of drug-likeness (QED) is 0.646. The van der Waals surface area contributed by atoms with Crippen molar-refractivity contribution in [2.75, 3.05) is 6.61 Å². The van der Waals surface area contributed by atoms with Gasteiger partial charge in [-0.25, -0.2) is 4.79 Å². The number of rotatable bonds is 2. The molecule has 0 saturated carbocycles. The van der Waals surface area contributed by atoms with Crippen LogP contribution in [0.3, 0.4) is 0 Å². The van der Waals surface area contributed by atoms with Crippen molar-refractivity contribution < 1.29 is 14.3 Å². The van der Waals surface area contributed by atoms with Crippen molar-refractivity contribution in [3.8, 4) is 0 Å². The number of ketones is 1. The minimum absolute atomic E-state index is 0.0275. The predicted octanol–water partition coefficient (Wildman–Crippen LogP) is 1.41. The van der Waals surface area contributed by atoms with E-state index in [2.05, 4.69) is 18.1 Å². The maximum atomic E-state index is 12.0. The molecule has 0 saturated heterocycles. The van der Waals surface area contributed by atoms with Gasteiger partial charge < -0.3 is 9.72 Å². The van der Waals surface area contributed by atoms with Crippen LogP contribution in [-0.2, 0) is 22.4 Å². The normalized spacial score (nSPS) is 13.0. The number of carbonyl (C=O) groups is 2. The number of carbonyl (C=O) groups excluding carboxylic acids is 2. The summed E-state index contributed by atoms with van der Waals surface area (Å²) in [6.45, 7) is 7.89. The first-order valence-corrected chi connectivity index (χ1v) is 6.05. The number of esters is 1. The number of aromatic amines is 1. The zero-order valence-corrected chi connectivity index (χ0v) is 11.0. The van der Waals surface area contributed by atoms with Gasteiger partial charge in [0.1, 0.15) is 11.3 Å². The molecule has 5 heteroatoms. The number of nitrogens with one attached hydrogen (secondary N) is 1. The van der Waals surface area contributed by atoms with E-state index in [0.29, 0.717) is 18.4 Å². The number of ether oxygens (including phenoxy) is 1. The number of hydrogen-bond acceptors (Lipinski definition) is 4. The van der Waals surface area contributed by atoms with Gasteiger partial charge >= 0.3 is 5.97 Å². The second-order valence-electron chi connectivity index (χ2n) is 3.92. The molecule has 0 atom stereocenters. The van der Waals surface area contributed by atoms with E-state index in [-0.39, 0.29) is 29.8 Å². The number of hydrogen-bond donors (Lipinski definition) is 1. The molecule has 1 aliphatic rings. The molecule has 0 bridgehead atoms. The number of aryl methyl sites for hydroxylation is 1. The summed E-state index contributed by atoms with van der Waals surface area (Å²) in [5.74, 6) is -0.612. The van der Waals surface area contributed by atoms with Crippen LogP contribution in [0.15, 0.2) is 24.1 Å². The van der Waals surface area contributed by atoms with Gasteiger partial charge in [0.25, 0.3) is 0 Å². The summed E-state index contributed by atoms with van der Waals surface area (Å²) in [5, 5.41) is 0. The smallest absolute Gasteiger partial charge is 0.343 e. The van der Waals surface area contributed by atoms with Crippen LogP contribution in [0.4, 0.5) is 0 Å². The minimum Gasteiger partial charge on any atom is -0.462 e.